The van der Waals surface area contributed by atoms with Crippen molar-refractivity contribution in [2.24, 2.45) is 11.8 Å². The van der Waals surface area contributed by atoms with Crippen LogP contribution in [0, 0.1) is 11.8 Å². The van der Waals surface area contributed by atoms with Gasteiger partial charge < -0.3 is 4.90 Å². The van der Waals surface area contributed by atoms with Gasteiger partial charge in [0.05, 0.1) is 0 Å². The minimum absolute atomic E-state index is 0.976. The van der Waals surface area contributed by atoms with Gasteiger partial charge in [0.1, 0.15) is 0 Å². The maximum absolute atomic E-state index is 2.60. The fraction of sp³-hybridized carbons (Fsp3) is 1.00. The molecular formula is C11H23N. The zero-order chi connectivity index (χ0) is 8.97. The van der Waals surface area contributed by atoms with Crippen molar-refractivity contribution in [2.75, 3.05) is 19.6 Å². The van der Waals surface area contributed by atoms with E-state index in [-0.39, 0.29) is 0 Å². The van der Waals surface area contributed by atoms with Gasteiger partial charge in [0, 0.05) is 6.54 Å². The summed E-state index contributed by atoms with van der Waals surface area (Å²) in [6.45, 7) is 10.9. The van der Waals surface area contributed by atoms with Gasteiger partial charge in [-0.3, -0.25) is 0 Å². The predicted molar refractivity (Wildman–Crippen MR) is 54.3 cm³/mol. The van der Waals surface area contributed by atoms with E-state index in [2.05, 4.69) is 25.7 Å². The molecule has 1 aliphatic rings. The fourth-order valence-corrected chi connectivity index (χ4v) is 2.44. The molecule has 1 aliphatic heterocycles. The molecule has 1 nitrogen and oxygen atoms in total. The van der Waals surface area contributed by atoms with E-state index >= 15 is 0 Å². The molecule has 0 aliphatic carbocycles. The number of hydrogen-bond donors (Lipinski definition) is 0. The summed E-state index contributed by atoms with van der Waals surface area (Å²) in [5, 5.41) is 0. The highest BCUT2D eigenvalue weighted by molar-refractivity contribution is 4.78. The van der Waals surface area contributed by atoms with E-state index in [1.54, 1.807) is 0 Å². The zero-order valence-corrected chi connectivity index (χ0v) is 8.84. The van der Waals surface area contributed by atoms with Gasteiger partial charge in [-0.2, -0.15) is 0 Å². The number of likely N-dealkylation sites (tertiary alicyclic amines) is 1. The molecule has 0 radical (unpaired) electrons. The van der Waals surface area contributed by atoms with Gasteiger partial charge in [-0.25, -0.2) is 0 Å². The molecule has 0 aromatic rings. The Labute approximate surface area is 77.1 Å². The Hall–Kier alpha value is -0.0400. The second-order valence-corrected chi connectivity index (χ2v) is 4.02. The van der Waals surface area contributed by atoms with E-state index in [1.165, 1.54) is 38.9 Å². The first-order valence-corrected chi connectivity index (χ1v) is 5.54. The molecule has 0 spiro atoms. The summed E-state index contributed by atoms with van der Waals surface area (Å²) in [7, 11) is 0. The van der Waals surface area contributed by atoms with E-state index in [4.69, 9.17) is 0 Å². The molecular weight excluding hydrogens is 146 g/mol. The van der Waals surface area contributed by atoms with Crippen LogP contribution in [0.4, 0.5) is 0 Å². The van der Waals surface area contributed by atoms with E-state index in [0.29, 0.717) is 0 Å². The average molecular weight is 169 g/mol. The Morgan fingerprint density at radius 2 is 1.75 bits per heavy atom. The normalized spacial score (nSPS) is 32.2. The highest BCUT2D eigenvalue weighted by atomic mass is 15.1. The summed E-state index contributed by atoms with van der Waals surface area (Å²) in [5.74, 6) is 1.99. The summed E-state index contributed by atoms with van der Waals surface area (Å²) in [4.78, 5) is 2.60. The van der Waals surface area contributed by atoms with Gasteiger partial charge in [-0.1, -0.05) is 33.6 Å². The first-order chi connectivity index (χ1) is 5.81. The third-order valence-electron chi connectivity index (χ3n) is 3.47. The summed E-state index contributed by atoms with van der Waals surface area (Å²) >= 11 is 0. The molecule has 0 N–H and O–H groups in total. The lowest BCUT2D eigenvalue weighted by Crippen LogP contribution is -2.39. The van der Waals surface area contributed by atoms with Gasteiger partial charge in [-0.05, 0) is 31.3 Å². The molecule has 2 atom stereocenters. The molecule has 1 heterocycles. The maximum atomic E-state index is 2.60. The zero-order valence-electron chi connectivity index (χ0n) is 8.84. The molecule has 1 heteroatoms. The predicted octanol–water partition coefficient (Wildman–Crippen LogP) is 2.76. The number of piperidine rings is 1. The lowest BCUT2D eigenvalue weighted by Gasteiger charge is -2.37. The van der Waals surface area contributed by atoms with Crippen molar-refractivity contribution >= 4 is 0 Å². The van der Waals surface area contributed by atoms with Crippen LogP contribution in [0.2, 0.25) is 0 Å². The third kappa shape index (κ3) is 2.22. The van der Waals surface area contributed by atoms with E-state index in [9.17, 15) is 0 Å². The van der Waals surface area contributed by atoms with Crippen LogP contribution in [0.25, 0.3) is 0 Å². The minimum Gasteiger partial charge on any atom is -0.303 e. The SMILES string of the molecule is CCC1CCN(CC)CC1CC. The van der Waals surface area contributed by atoms with Crippen LogP contribution >= 0.6 is 0 Å². The van der Waals surface area contributed by atoms with Crippen LogP contribution in [0.5, 0.6) is 0 Å². The number of rotatable bonds is 3. The lowest BCUT2D eigenvalue weighted by molar-refractivity contribution is 0.118. The van der Waals surface area contributed by atoms with Crippen molar-refractivity contribution in [3.05, 3.63) is 0 Å². The van der Waals surface area contributed by atoms with E-state index in [1.807, 2.05) is 0 Å². The smallest absolute Gasteiger partial charge is 0.00121 e. The maximum Gasteiger partial charge on any atom is 0.00121 e. The highest BCUT2D eigenvalue weighted by Gasteiger charge is 2.25. The number of nitrogens with zero attached hydrogens (tertiary/aromatic N) is 1. The Balaban J connectivity index is 2.41. The largest absolute Gasteiger partial charge is 0.303 e. The Bertz CT molecular complexity index is 122. The van der Waals surface area contributed by atoms with Gasteiger partial charge in [-0.15, -0.1) is 0 Å². The van der Waals surface area contributed by atoms with Crippen LogP contribution < -0.4 is 0 Å². The first kappa shape index (κ1) is 10.0. The number of hydrogen-bond acceptors (Lipinski definition) is 1. The van der Waals surface area contributed by atoms with Gasteiger partial charge in [0.25, 0.3) is 0 Å². The summed E-state index contributed by atoms with van der Waals surface area (Å²) < 4.78 is 0. The summed E-state index contributed by atoms with van der Waals surface area (Å²) in [6, 6.07) is 0. The molecule has 0 saturated carbocycles. The van der Waals surface area contributed by atoms with Crippen molar-refractivity contribution < 1.29 is 0 Å². The van der Waals surface area contributed by atoms with Crippen LogP contribution in [-0.4, -0.2) is 24.5 Å². The second-order valence-electron chi connectivity index (χ2n) is 4.02. The molecule has 72 valence electrons. The van der Waals surface area contributed by atoms with Crippen LogP contribution in [0.15, 0.2) is 0 Å². The quantitative estimate of drug-likeness (QED) is 0.628. The Morgan fingerprint density at radius 1 is 1.08 bits per heavy atom. The topological polar surface area (TPSA) is 3.24 Å². The minimum atomic E-state index is 0.976. The van der Waals surface area contributed by atoms with E-state index in [0.717, 1.165) is 11.8 Å². The Kier molecular flexibility index (Phi) is 4.07. The monoisotopic (exact) mass is 169 g/mol. The first-order valence-electron chi connectivity index (χ1n) is 5.54. The van der Waals surface area contributed by atoms with Crippen molar-refractivity contribution in [1.29, 1.82) is 0 Å². The second kappa shape index (κ2) is 4.86. The van der Waals surface area contributed by atoms with Crippen molar-refractivity contribution in [1.82, 2.24) is 4.90 Å². The average Bonchev–Trinajstić information content (AvgIpc) is 2.16. The standard InChI is InChI=1S/C11H23N/c1-4-10-7-8-12(6-3)9-11(10)5-2/h10-11H,4-9H2,1-3H3. The van der Waals surface area contributed by atoms with Crippen LogP contribution in [0.3, 0.4) is 0 Å². The highest BCUT2D eigenvalue weighted by Crippen LogP contribution is 2.28. The molecule has 2 unspecified atom stereocenters. The molecule has 1 rings (SSSR count). The summed E-state index contributed by atoms with van der Waals surface area (Å²) in [5.41, 5.74) is 0. The molecule has 0 amide bonds. The van der Waals surface area contributed by atoms with Gasteiger partial charge >= 0.3 is 0 Å². The summed E-state index contributed by atoms with van der Waals surface area (Å²) in [6.07, 6.45) is 4.19. The lowest BCUT2D eigenvalue weighted by atomic mass is 9.82. The molecule has 0 aromatic heterocycles. The Morgan fingerprint density at radius 3 is 2.25 bits per heavy atom. The third-order valence-corrected chi connectivity index (χ3v) is 3.47. The molecule has 0 bridgehead atoms. The van der Waals surface area contributed by atoms with Crippen molar-refractivity contribution in [2.45, 2.75) is 40.0 Å². The van der Waals surface area contributed by atoms with E-state index < -0.39 is 0 Å². The molecule has 1 fully saturated rings. The molecule has 12 heavy (non-hydrogen) atoms. The van der Waals surface area contributed by atoms with Gasteiger partial charge in [0.15, 0.2) is 0 Å². The van der Waals surface area contributed by atoms with Gasteiger partial charge in [0.2, 0.25) is 0 Å². The molecule has 1 saturated heterocycles. The molecule has 0 aromatic carbocycles. The van der Waals surface area contributed by atoms with Crippen LogP contribution in [0.1, 0.15) is 40.0 Å². The van der Waals surface area contributed by atoms with Crippen molar-refractivity contribution in [3.8, 4) is 0 Å². The fourth-order valence-electron chi connectivity index (χ4n) is 2.44. The van der Waals surface area contributed by atoms with Crippen molar-refractivity contribution in [3.63, 3.8) is 0 Å². The van der Waals surface area contributed by atoms with Crippen LogP contribution in [-0.2, 0) is 0 Å².